The van der Waals surface area contributed by atoms with Crippen molar-refractivity contribution in [3.05, 3.63) is 59.0 Å². The molecule has 116 valence electrons. The number of hydrogen-bond donors (Lipinski definition) is 1. The molecule has 0 atom stereocenters. The van der Waals surface area contributed by atoms with Gasteiger partial charge in [0, 0.05) is 48.3 Å². The number of hydrogen-bond acceptors (Lipinski definition) is 3. The van der Waals surface area contributed by atoms with Gasteiger partial charge in [-0.15, -0.1) is 0 Å². The first-order valence-electron chi connectivity index (χ1n) is 7.18. The summed E-state index contributed by atoms with van der Waals surface area (Å²) in [6, 6.07) is 4.85. The van der Waals surface area contributed by atoms with Gasteiger partial charge in [0.15, 0.2) is 0 Å². The van der Waals surface area contributed by atoms with E-state index in [9.17, 15) is 13.6 Å². The smallest absolute Gasteiger partial charge is 0.272 e. The average Bonchev–Trinajstić information content (AvgIpc) is 3.01. The average molecular weight is 314 g/mol. The predicted octanol–water partition coefficient (Wildman–Crippen LogP) is 2.43. The summed E-state index contributed by atoms with van der Waals surface area (Å²) in [5.41, 5.74) is 2.32. The van der Waals surface area contributed by atoms with Crippen LogP contribution in [0, 0.1) is 11.6 Å². The lowest BCUT2D eigenvalue weighted by atomic mass is 10.1. The summed E-state index contributed by atoms with van der Waals surface area (Å²) in [5.74, 6) is -1.66. The van der Waals surface area contributed by atoms with E-state index in [-0.39, 0.29) is 22.5 Å². The number of carbonyl (C=O) groups excluding carboxylic acids is 1. The van der Waals surface area contributed by atoms with Crippen molar-refractivity contribution in [1.82, 2.24) is 20.1 Å². The number of benzene rings is 1. The Morgan fingerprint density at radius 2 is 2.13 bits per heavy atom. The summed E-state index contributed by atoms with van der Waals surface area (Å²) in [7, 11) is 0. The number of nitrogens with one attached hydrogen (secondary N) is 1. The fraction of sp³-hybridized carbons (Fsp3) is 0.188. The summed E-state index contributed by atoms with van der Waals surface area (Å²) in [5, 5.41) is 7.07. The number of pyridine rings is 1. The van der Waals surface area contributed by atoms with Crippen molar-refractivity contribution >= 4 is 16.8 Å². The molecule has 1 N–H and O–H groups in total. The van der Waals surface area contributed by atoms with E-state index in [4.69, 9.17) is 0 Å². The van der Waals surface area contributed by atoms with Gasteiger partial charge in [-0.05, 0) is 12.1 Å². The number of H-pyrrole nitrogens is 1. The van der Waals surface area contributed by atoms with E-state index in [0.717, 1.165) is 23.4 Å². The van der Waals surface area contributed by atoms with E-state index in [1.165, 1.54) is 12.1 Å². The number of nitrogens with zero attached hydrogens (tertiary/aromatic N) is 3. The standard InChI is InChI=1S/C16H12F2N4O/c17-10-5-12(18)11-1-2-14(20-15(11)6-10)16(23)22-4-3-13-9(8-22)7-19-21-13/h1-2,5-7H,3-4,8H2,(H,19,21). The van der Waals surface area contributed by atoms with Gasteiger partial charge >= 0.3 is 0 Å². The molecule has 0 bridgehead atoms. The van der Waals surface area contributed by atoms with E-state index in [1.807, 2.05) is 0 Å². The highest BCUT2D eigenvalue weighted by Crippen LogP contribution is 2.21. The van der Waals surface area contributed by atoms with Crippen LogP contribution in [0.2, 0.25) is 0 Å². The molecule has 1 aliphatic rings. The van der Waals surface area contributed by atoms with Gasteiger partial charge in [-0.3, -0.25) is 9.89 Å². The third-order valence-corrected chi connectivity index (χ3v) is 4.03. The molecule has 0 spiro atoms. The van der Waals surface area contributed by atoms with Crippen LogP contribution in [0.3, 0.4) is 0 Å². The molecule has 1 aromatic carbocycles. The minimum Gasteiger partial charge on any atom is -0.332 e. The van der Waals surface area contributed by atoms with Gasteiger partial charge in [0.25, 0.3) is 5.91 Å². The van der Waals surface area contributed by atoms with Crippen molar-refractivity contribution in [2.75, 3.05) is 6.54 Å². The molecule has 0 saturated heterocycles. The van der Waals surface area contributed by atoms with Crippen LogP contribution in [0.1, 0.15) is 21.7 Å². The number of rotatable bonds is 1. The van der Waals surface area contributed by atoms with Crippen LogP contribution in [0.25, 0.3) is 10.9 Å². The van der Waals surface area contributed by atoms with Crippen LogP contribution in [0.4, 0.5) is 8.78 Å². The van der Waals surface area contributed by atoms with Gasteiger partial charge in [0.1, 0.15) is 17.3 Å². The van der Waals surface area contributed by atoms with Crippen LogP contribution in [-0.4, -0.2) is 32.5 Å². The third kappa shape index (κ3) is 2.34. The quantitative estimate of drug-likeness (QED) is 0.750. The van der Waals surface area contributed by atoms with Crippen LogP contribution in [-0.2, 0) is 13.0 Å². The highest BCUT2D eigenvalue weighted by molar-refractivity contribution is 5.95. The molecule has 0 fully saturated rings. The van der Waals surface area contributed by atoms with Crippen molar-refractivity contribution in [3.8, 4) is 0 Å². The Morgan fingerprint density at radius 1 is 1.26 bits per heavy atom. The van der Waals surface area contributed by atoms with Crippen molar-refractivity contribution in [3.63, 3.8) is 0 Å². The molecule has 7 heteroatoms. The van der Waals surface area contributed by atoms with Gasteiger partial charge in [-0.2, -0.15) is 5.10 Å². The largest absolute Gasteiger partial charge is 0.332 e. The summed E-state index contributed by atoms with van der Waals surface area (Å²) in [4.78, 5) is 18.4. The Morgan fingerprint density at radius 3 is 3.00 bits per heavy atom. The SMILES string of the molecule is O=C(c1ccc2c(F)cc(F)cc2n1)N1CCc2[nH]ncc2C1. The Kier molecular flexibility index (Phi) is 3.07. The summed E-state index contributed by atoms with van der Waals surface area (Å²) in [6.07, 6.45) is 2.39. The maximum Gasteiger partial charge on any atom is 0.272 e. The first-order valence-corrected chi connectivity index (χ1v) is 7.18. The monoisotopic (exact) mass is 314 g/mol. The second-order valence-corrected chi connectivity index (χ2v) is 5.50. The first kappa shape index (κ1) is 13.8. The van der Waals surface area contributed by atoms with Crippen LogP contribution in [0.15, 0.2) is 30.5 Å². The van der Waals surface area contributed by atoms with Crippen molar-refractivity contribution in [2.45, 2.75) is 13.0 Å². The molecule has 4 rings (SSSR count). The fourth-order valence-corrected chi connectivity index (χ4v) is 2.83. The molecule has 1 aliphatic heterocycles. The number of fused-ring (bicyclic) bond motifs is 2. The van der Waals surface area contributed by atoms with Crippen LogP contribution < -0.4 is 0 Å². The van der Waals surface area contributed by atoms with E-state index < -0.39 is 11.6 Å². The molecule has 0 aliphatic carbocycles. The van der Waals surface area contributed by atoms with Crippen molar-refractivity contribution in [2.24, 2.45) is 0 Å². The van der Waals surface area contributed by atoms with Gasteiger partial charge < -0.3 is 4.90 Å². The summed E-state index contributed by atoms with van der Waals surface area (Å²) in [6.45, 7) is 0.993. The molecular weight excluding hydrogens is 302 g/mol. The molecule has 3 heterocycles. The lowest BCUT2D eigenvalue weighted by Gasteiger charge is -2.26. The second kappa shape index (κ2) is 5.12. The Labute approximate surface area is 129 Å². The van der Waals surface area contributed by atoms with E-state index >= 15 is 0 Å². The highest BCUT2D eigenvalue weighted by Gasteiger charge is 2.24. The number of amides is 1. The highest BCUT2D eigenvalue weighted by atomic mass is 19.1. The van der Waals surface area contributed by atoms with E-state index in [2.05, 4.69) is 15.2 Å². The fourth-order valence-electron chi connectivity index (χ4n) is 2.83. The molecule has 3 aromatic rings. The zero-order valence-corrected chi connectivity index (χ0v) is 12.0. The zero-order chi connectivity index (χ0) is 16.0. The van der Waals surface area contributed by atoms with Crippen LogP contribution in [0.5, 0.6) is 0 Å². The molecule has 23 heavy (non-hydrogen) atoms. The molecule has 0 unspecified atom stereocenters. The van der Waals surface area contributed by atoms with Gasteiger partial charge in [0.2, 0.25) is 0 Å². The van der Waals surface area contributed by atoms with Gasteiger partial charge in [0.05, 0.1) is 11.7 Å². The third-order valence-electron chi connectivity index (χ3n) is 4.03. The lowest BCUT2D eigenvalue weighted by Crippen LogP contribution is -2.36. The second-order valence-electron chi connectivity index (χ2n) is 5.50. The van der Waals surface area contributed by atoms with Gasteiger partial charge in [-0.25, -0.2) is 13.8 Å². The number of aromatic nitrogens is 3. The molecule has 2 aromatic heterocycles. The maximum atomic E-state index is 13.7. The molecule has 5 nitrogen and oxygen atoms in total. The maximum absolute atomic E-state index is 13.7. The minimum atomic E-state index is -0.715. The van der Waals surface area contributed by atoms with Gasteiger partial charge in [-0.1, -0.05) is 0 Å². The summed E-state index contributed by atoms with van der Waals surface area (Å²) < 4.78 is 27.0. The molecule has 1 amide bonds. The first-order chi connectivity index (χ1) is 11.1. The number of halogens is 2. The summed E-state index contributed by atoms with van der Waals surface area (Å²) >= 11 is 0. The predicted molar refractivity (Wildman–Crippen MR) is 78.7 cm³/mol. The normalized spacial score (nSPS) is 14.1. The Hall–Kier alpha value is -2.83. The minimum absolute atomic E-state index is 0.134. The number of aromatic amines is 1. The van der Waals surface area contributed by atoms with E-state index in [0.29, 0.717) is 19.5 Å². The molecule has 0 radical (unpaired) electrons. The topological polar surface area (TPSA) is 61.9 Å². The molecular formula is C16H12F2N4O. The lowest BCUT2D eigenvalue weighted by molar-refractivity contribution is 0.0728. The number of carbonyl (C=O) groups is 1. The van der Waals surface area contributed by atoms with Crippen LogP contribution >= 0.6 is 0 Å². The van der Waals surface area contributed by atoms with E-state index in [1.54, 1.807) is 11.1 Å². The Bertz CT molecular complexity index is 922. The molecule has 0 saturated carbocycles. The Balaban J connectivity index is 1.68. The zero-order valence-electron chi connectivity index (χ0n) is 12.0. The van der Waals surface area contributed by atoms with Crippen molar-refractivity contribution in [1.29, 1.82) is 0 Å². The van der Waals surface area contributed by atoms with Crippen molar-refractivity contribution < 1.29 is 13.6 Å².